The van der Waals surface area contributed by atoms with Crippen molar-refractivity contribution in [1.82, 2.24) is 15.3 Å². The van der Waals surface area contributed by atoms with Gasteiger partial charge in [-0.15, -0.1) is 0 Å². The summed E-state index contributed by atoms with van der Waals surface area (Å²) in [5.74, 6) is 0. The lowest BCUT2D eigenvalue weighted by Gasteiger charge is -2.16. The summed E-state index contributed by atoms with van der Waals surface area (Å²) < 4.78 is 0. The Kier molecular flexibility index (Phi) is 6.01. The third-order valence-electron chi connectivity index (χ3n) is 2.68. The van der Waals surface area contributed by atoms with Crippen LogP contribution in [-0.4, -0.2) is 16.0 Å². The summed E-state index contributed by atoms with van der Waals surface area (Å²) >= 11 is 0. The largest absolute Gasteiger partial charge is 0.308 e. The van der Waals surface area contributed by atoms with Crippen molar-refractivity contribution in [2.45, 2.75) is 59.0 Å². The van der Waals surface area contributed by atoms with Crippen molar-refractivity contribution in [1.29, 1.82) is 0 Å². The molecule has 0 aliphatic rings. The lowest BCUT2D eigenvalue weighted by molar-refractivity contribution is 0.440. The van der Waals surface area contributed by atoms with Gasteiger partial charge in [0, 0.05) is 25.0 Å². The Morgan fingerprint density at radius 3 is 2.31 bits per heavy atom. The zero-order valence-corrected chi connectivity index (χ0v) is 10.7. The van der Waals surface area contributed by atoms with Crippen molar-refractivity contribution in [3.05, 3.63) is 23.8 Å². The fraction of sp³-hybridized carbons (Fsp3) is 0.692. The molecule has 0 atom stereocenters. The number of aryl methyl sites for hydroxylation is 1. The van der Waals surface area contributed by atoms with Crippen LogP contribution in [0.1, 0.15) is 50.9 Å². The summed E-state index contributed by atoms with van der Waals surface area (Å²) in [5, 5.41) is 3.55. The van der Waals surface area contributed by atoms with Gasteiger partial charge in [-0.3, -0.25) is 9.97 Å². The standard InChI is InChI=1S/C13H23N3/c1-4-6-12(7-5-2)16-10-13-9-14-11(3)8-15-13/h8-9,12,16H,4-7,10H2,1-3H3. The molecule has 0 fully saturated rings. The Balaban J connectivity index is 2.38. The summed E-state index contributed by atoms with van der Waals surface area (Å²) in [6.45, 7) is 7.26. The Labute approximate surface area is 98.7 Å². The van der Waals surface area contributed by atoms with E-state index in [2.05, 4.69) is 29.1 Å². The minimum atomic E-state index is 0.623. The molecule has 0 amide bonds. The van der Waals surface area contributed by atoms with Crippen molar-refractivity contribution in [2.24, 2.45) is 0 Å². The number of hydrogen-bond acceptors (Lipinski definition) is 3. The molecular formula is C13H23N3. The van der Waals surface area contributed by atoms with Gasteiger partial charge in [-0.1, -0.05) is 26.7 Å². The first kappa shape index (κ1) is 13.1. The predicted molar refractivity (Wildman–Crippen MR) is 67.2 cm³/mol. The van der Waals surface area contributed by atoms with Crippen molar-refractivity contribution in [2.75, 3.05) is 0 Å². The molecule has 0 spiro atoms. The molecule has 1 heterocycles. The second-order valence-electron chi connectivity index (χ2n) is 4.30. The second kappa shape index (κ2) is 7.34. The maximum absolute atomic E-state index is 4.35. The molecule has 0 bridgehead atoms. The number of nitrogens with zero attached hydrogens (tertiary/aromatic N) is 2. The Morgan fingerprint density at radius 1 is 1.12 bits per heavy atom. The molecule has 3 nitrogen and oxygen atoms in total. The minimum absolute atomic E-state index is 0.623. The van der Waals surface area contributed by atoms with Gasteiger partial charge in [0.25, 0.3) is 0 Å². The van der Waals surface area contributed by atoms with E-state index in [1.807, 2.05) is 19.3 Å². The van der Waals surface area contributed by atoms with E-state index in [1.54, 1.807) is 0 Å². The smallest absolute Gasteiger partial charge is 0.0724 e. The van der Waals surface area contributed by atoms with E-state index in [0.717, 1.165) is 17.9 Å². The maximum atomic E-state index is 4.35. The summed E-state index contributed by atoms with van der Waals surface area (Å²) in [6.07, 6.45) is 8.64. The maximum Gasteiger partial charge on any atom is 0.0724 e. The van der Waals surface area contributed by atoms with Crippen LogP contribution in [0.3, 0.4) is 0 Å². The zero-order valence-electron chi connectivity index (χ0n) is 10.7. The zero-order chi connectivity index (χ0) is 11.8. The van der Waals surface area contributed by atoms with Gasteiger partial charge in [0.15, 0.2) is 0 Å². The summed E-state index contributed by atoms with van der Waals surface area (Å²) in [4.78, 5) is 8.59. The van der Waals surface area contributed by atoms with Crippen LogP contribution in [0.5, 0.6) is 0 Å². The predicted octanol–water partition coefficient (Wildman–Crippen LogP) is 2.84. The van der Waals surface area contributed by atoms with E-state index in [0.29, 0.717) is 6.04 Å². The lowest BCUT2D eigenvalue weighted by atomic mass is 10.1. The van der Waals surface area contributed by atoms with Gasteiger partial charge >= 0.3 is 0 Å². The second-order valence-corrected chi connectivity index (χ2v) is 4.30. The highest BCUT2D eigenvalue weighted by molar-refractivity contribution is 5.00. The van der Waals surface area contributed by atoms with Crippen LogP contribution < -0.4 is 5.32 Å². The monoisotopic (exact) mass is 221 g/mol. The number of nitrogens with one attached hydrogen (secondary N) is 1. The van der Waals surface area contributed by atoms with E-state index in [4.69, 9.17) is 0 Å². The van der Waals surface area contributed by atoms with Gasteiger partial charge in [0.1, 0.15) is 0 Å². The first-order chi connectivity index (χ1) is 7.76. The molecule has 0 aliphatic carbocycles. The Hall–Kier alpha value is -0.960. The lowest BCUT2D eigenvalue weighted by Crippen LogP contribution is -2.28. The van der Waals surface area contributed by atoms with E-state index in [1.165, 1.54) is 25.7 Å². The molecule has 0 unspecified atom stereocenters. The fourth-order valence-electron chi connectivity index (χ4n) is 1.80. The van der Waals surface area contributed by atoms with Crippen LogP contribution in [0.2, 0.25) is 0 Å². The van der Waals surface area contributed by atoms with E-state index in [-0.39, 0.29) is 0 Å². The van der Waals surface area contributed by atoms with E-state index < -0.39 is 0 Å². The van der Waals surface area contributed by atoms with Crippen molar-refractivity contribution in [3.8, 4) is 0 Å². The van der Waals surface area contributed by atoms with Gasteiger partial charge in [-0.2, -0.15) is 0 Å². The number of hydrogen-bond donors (Lipinski definition) is 1. The quantitative estimate of drug-likeness (QED) is 0.769. The van der Waals surface area contributed by atoms with Crippen molar-refractivity contribution < 1.29 is 0 Å². The van der Waals surface area contributed by atoms with Gasteiger partial charge < -0.3 is 5.32 Å². The van der Waals surface area contributed by atoms with Gasteiger partial charge in [-0.05, 0) is 19.8 Å². The van der Waals surface area contributed by atoms with E-state index >= 15 is 0 Å². The molecule has 0 saturated heterocycles. The van der Waals surface area contributed by atoms with Crippen LogP contribution in [-0.2, 0) is 6.54 Å². The fourth-order valence-corrected chi connectivity index (χ4v) is 1.80. The molecule has 3 heteroatoms. The SMILES string of the molecule is CCCC(CCC)NCc1cnc(C)cn1. The first-order valence-electron chi connectivity index (χ1n) is 6.27. The van der Waals surface area contributed by atoms with Crippen LogP contribution in [0.15, 0.2) is 12.4 Å². The third kappa shape index (κ3) is 4.71. The molecule has 0 radical (unpaired) electrons. The number of rotatable bonds is 7. The van der Waals surface area contributed by atoms with Crippen LogP contribution >= 0.6 is 0 Å². The molecule has 16 heavy (non-hydrogen) atoms. The molecular weight excluding hydrogens is 198 g/mol. The molecule has 1 aromatic rings. The van der Waals surface area contributed by atoms with Gasteiger partial charge in [-0.25, -0.2) is 0 Å². The molecule has 90 valence electrons. The molecule has 1 rings (SSSR count). The summed E-state index contributed by atoms with van der Waals surface area (Å²) in [5.41, 5.74) is 2.00. The van der Waals surface area contributed by atoms with Crippen LogP contribution in [0.4, 0.5) is 0 Å². The Bertz CT molecular complexity index is 276. The van der Waals surface area contributed by atoms with Gasteiger partial charge in [0.05, 0.1) is 11.4 Å². The molecule has 0 aliphatic heterocycles. The van der Waals surface area contributed by atoms with E-state index in [9.17, 15) is 0 Å². The molecule has 1 aromatic heterocycles. The minimum Gasteiger partial charge on any atom is -0.308 e. The normalized spacial score (nSPS) is 11.0. The Morgan fingerprint density at radius 2 is 1.81 bits per heavy atom. The van der Waals surface area contributed by atoms with Crippen molar-refractivity contribution >= 4 is 0 Å². The highest BCUT2D eigenvalue weighted by Gasteiger charge is 2.05. The molecule has 0 saturated carbocycles. The van der Waals surface area contributed by atoms with Crippen molar-refractivity contribution in [3.63, 3.8) is 0 Å². The van der Waals surface area contributed by atoms with Gasteiger partial charge in [0.2, 0.25) is 0 Å². The molecule has 0 aromatic carbocycles. The average Bonchev–Trinajstić information content (AvgIpc) is 2.29. The summed E-state index contributed by atoms with van der Waals surface area (Å²) in [7, 11) is 0. The summed E-state index contributed by atoms with van der Waals surface area (Å²) in [6, 6.07) is 0.623. The topological polar surface area (TPSA) is 37.8 Å². The third-order valence-corrected chi connectivity index (χ3v) is 2.68. The highest BCUT2D eigenvalue weighted by atomic mass is 14.9. The average molecular weight is 221 g/mol. The van der Waals surface area contributed by atoms with Crippen LogP contribution in [0.25, 0.3) is 0 Å². The first-order valence-corrected chi connectivity index (χ1v) is 6.27. The van der Waals surface area contributed by atoms with Crippen LogP contribution in [0, 0.1) is 6.92 Å². The molecule has 1 N–H and O–H groups in total. The number of aromatic nitrogens is 2. The highest BCUT2D eigenvalue weighted by Crippen LogP contribution is 2.05.